The molecule has 3 nitrogen and oxygen atoms in total. The third-order valence-electron chi connectivity index (χ3n) is 5.02. The molecule has 0 aromatic rings. The van der Waals surface area contributed by atoms with Gasteiger partial charge in [-0.25, -0.2) is 0 Å². The highest BCUT2D eigenvalue weighted by atomic mass is 16.2. The first kappa shape index (κ1) is 10.2. The molecule has 0 radical (unpaired) electrons. The lowest BCUT2D eigenvalue weighted by Gasteiger charge is -2.58. The molecule has 4 aliphatic rings. The van der Waals surface area contributed by atoms with Crippen molar-refractivity contribution < 1.29 is 14.4 Å². The smallest absolute Gasteiger partial charge is 0.149 e. The fourth-order valence-electron chi connectivity index (χ4n) is 4.54. The van der Waals surface area contributed by atoms with Crippen LogP contribution >= 0.6 is 0 Å². The molecule has 4 rings (SSSR count). The molecule has 3 heteroatoms. The zero-order valence-electron chi connectivity index (χ0n) is 9.49. The molecule has 0 amide bonds. The van der Waals surface area contributed by atoms with E-state index in [2.05, 4.69) is 0 Å². The molecule has 86 valence electrons. The lowest BCUT2D eigenvalue weighted by Crippen LogP contribution is -2.60. The summed E-state index contributed by atoms with van der Waals surface area (Å²) >= 11 is 0. The van der Waals surface area contributed by atoms with Crippen molar-refractivity contribution >= 4 is 17.9 Å². The summed E-state index contributed by atoms with van der Waals surface area (Å²) in [7, 11) is 0. The summed E-state index contributed by atoms with van der Waals surface area (Å²) in [5.41, 5.74) is -1.14. The van der Waals surface area contributed by atoms with Crippen LogP contribution in [0.2, 0.25) is 0 Å². The molecule has 0 heterocycles. The summed E-state index contributed by atoms with van der Waals surface area (Å²) in [6.07, 6.45) is 4.72. The highest BCUT2D eigenvalue weighted by Crippen LogP contribution is 2.63. The molecule has 0 aromatic carbocycles. The summed E-state index contributed by atoms with van der Waals surface area (Å²) in [6.45, 7) is 1.52. The third-order valence-corrected chi connectivity index (χ3v) is 5.02. The zero-order valence-corrected chi connectivity index (χ0v) is 9.49. The van der Waals surface area contributed by atoms with Gasteiger partial charge in [0.2, 0.25) is 0 Å². The Bertz CT molecular complexity index is 400. The Hall–Kier alpha value is -0.990. The molecule has 0 aromatic heterocycles. The number of carbonyl (C=O) groups is 3. The zero-order chi connectivity index (χ0) is 11.6. The van der Waals surface area contributed by atoms with Gasteiger partial charge >= 0.3 is 0 Å². The van der Waals surface area contributed by atoms with Crippen LogP contribution in [-0.4, -0.2) is 17.9 Å². The van der Waals surface area contributed by atoms with Crippen LogP contribution in [0, 0.1) is 22.7 Å². The van der Waals surface area contributed by atoms with Gasteiger partial charge in [0.1, 0.15) is 17.9 Å². The second-order valence-corrected chi connectivity index (χ2v) is 6.07. The van der Waals surface area contributed by atoms with E-state index in [4.69, 9.17) is 0 Å². The first-order chi connectivity index (χ1) is 7.51. The fourth-order valence-corrected chi connectivity index (χ4v) is 4.54. The molecule has 4 unspecified atom stereocenters. The minimum atomic E-state index is -0.787. The average molecular weight is 220 g/mol. The van der Waals surface area contributed by atoms with Crippen LogP contribution in [-0.2, 0) is 14.4 Å². The van der Waals surface area contributed by atoms with Crippen LogP contribution in [0.25, 0.3) is 0 Å². The first-order valence-corrected chi connectivity index (χ1v) is 6.03. The predicted octanol–water partition coefficient (Wildman–Crippen LogP) is 1.54. The van der Waals surface area contributed by atoms with Crippen molar-refractivity contribution in [2.45, 2.75) is 39.0 Å². The van der Waals surface area contributed by atoms with Crippen LogP contribution < -0.4 is 0 Å². The molecular formula is C13H16O3. The van der Waals surface area contributed by atoms with E-state index in [0.29, 0.717) is 25.2 Å². The maximum atomic E-state index is 12.3. The van der Waals surface area contributed by atoms with Gasteiger partial charge in [0.25, 0.3) is 0 Å². The second-order valence-electron chi connectivity index (χ2n) is 6.07. The predicted molar refractivity (Wildman–Crippen MR) is 56.7 cm³/mol. The van der Waals surface area contributed by atoms with Crippen LogP contribution in [0.1, 0.15) is 39.0 Å². The van der Waals surface area contributed by atoms with Gasteiger partial charge in [0, 0.05) is 11.3 Å². The summed E-state index contributed by atoms with van der Waals surface area (Å²) < 4.78 is 0. The number of carbonyl (C=O) groups excluding carboxylic acids is 3. The molecule has 0 saturated heterocycles. The Morgan fingerprint density at radius 3 is 2.75 bits per heavy atom. The Labute approximate surface area is 94.6 Å². The van der Waals surface area contributed by atoms with E-state index in [1.807, 2.05) is 0 Å². The monoisotopic (exact) mass is 220 g/mol. The lowest BCUT2D eigenvalue weighted by atomic mass is 9.43. The normalized spacial score (nSPS) is 49.4. The van der Waals surface area contributed by atoms with Crippen molar-refractivity contribution in [2.24, 2.45) is 22.7 Å². The second kappa shape index (κ2) is 2.82. The van der Waals surface area contributed by atoms with Crippen molar-refractivity contribution in [3.8, 4) is 0 Å². The van der Waals surface area contributed by atoms with Crippen molar-refractivity contribution in [1.82, 2.24) is 0 Å². The van der Waals surface area contributed by atoms with E-state index in [1.54, 1.807) is 0 Å². The third kappa shape index (κ3) is 1.01. The maximum absolute atomic E-state index is 12.3. The largest absolute Gasteiger partial charge is 0.303 e. The summed E-state index contributed by atoms with van der Waals surface area (Å²) in [6, 6.07) is 0. The van der Waals surface area contributed by atoms with Gasteiger partial charge in [-0.15, -0.1) is 0 Å². The van der Waals surface area contributed by atoms with E-state index in [0.717, 1.165) is 19.1 Å². The maximum Gasteiger partial charge on any atom is 0.149 e. The van der Waals surface area contributed by atoms with Crippen LogP contribution in [0.5, 0.6) is 0 Å². The first-order valence-electron chi connectivity index (χ1n) is 6.03. The van der Waals surface area contributed by atoms with Gasteiger partial charge in [0.15, 0.2) is 0 Å². The minimum absolute atomic E-state index is 0.0159. The molecule has 4 saturated carbocycles. The van der Waals surface area contributed by atoms with Gasteiger partial charge in [-0.1, -0.05) is 0 Å². The van der Waals surface area contributed by atoms with Gasteiger partial charge in [-0.05, 0) is 44.9 Å². The van der Waals surface area contributed by atoms with Crippen LogP contribution in [0.4, 0.5) is 0 Å². The van der Waals surface area contributed by atoms with E-state index >= 15 is 0 Å². The number of ketones is 2. The van der Waals surface area contributed by atoms with Crippen LogP contribution in [0.15, 0.2) is 0 Å². The number of Topliss-reactive ketones (excluding diaryl/α,β-unsaturated/α-hetero) is 2. The van der Waals surface area contributed by atoms with Gasteiger partial charge in [0.05, 0.1) is 5.41 Å². The molecule has 4 bridgehead atoms. The SMILES string of the molecule is CC(=O)C12CC3CC(CC(C=O)(C3)C1)C2=O. The molecule has 0 spiro atoms. The Morgan fingerprint density at radius 1 is 1.38 bits per heavy atom. The number of aldehydes is 1. The molecule has 0 N–H and O–H groups in total. The summed E-state index contributed by atoms with van der Waals surface area (Å²) in [5.74, 6) is 0.515. The van der Waals surface area contributed by atoms with Gasteiger partial charge < -0.3 is 4.79 Å². The highest BCUT2D eigenvalue weighted by Gasteiger charge is 2.64. The van der Waals surface area contributed by atoms with E-state index in [9.17, 15) is 14.4 Å². The lowest BCUT2D eigenvalue weighted by molar-refractivity contribution is -0.169. The quantitative estimate of drug-likeness (QED) is 0.524. The minimum Gasteiger partial charge on any atom is -0.303 e. The summed E-state index contributed by atoms with van der Waals surface area (Å²) in [5, 5.41) is 0. The van der Waals surface area contributed by atoms with E-state index in [-0.39, 0.29) is 22.9 Å². The van der Waals surface area contributed by atoms with Crippen molar-refractivity contribution in [3.63, 3.8) is 0 Å². The Kier molecular flexibility index (Phi) is 1.79. The van der Waals surface area contributed by atoms with Crippen molar-refractivity contribution in [3.05, 3.63) is 0 Å². The number of hydrogen-bond acceptors (Lipinski definition) is 3. The Balaban J connectivity index is 2.10. The highest BCUT2D eigenvalue weighted by molar-refractivity contribution is 6.09. The van der Waals surface area contributed by atoms with Gasteiger partial charge in [-0.2, -0.15) is 0 Å². The standard InChI is InChI=1S/C13H16O3/c1-8(15)13-4-9-2-10(11(13)16)5-12(3-9,6-13)7-14/h7,9-10H,2-6H2,1H3. The van der Waals surface area contributed by atoms with Crippen molar-refractivity contribution in [2.75, 3.05) is 0 Å². The molecule has 4 fully saturated rings. The molecule has 16 heavy (non-hydrogen) atoms. The molecular weight excluding hydrogens is 204 g/mol. The fraction of sp³-hybridized carbons (Fsp3) is 0.769. The van der Waals surface area contributed by atoms with Crippen molar-refractivity contribution in [1.29, 1.82) is 0 Å². The van der Waals surface area contributed by atoms with Gasteiger partial charge in [-0.3, -0.25) is 9.59 Å². The Morgan fingerprint density at radius 2 is 2.12 bits per heavy atom. The topological polar surface area (TPSA) is 51.2 Å². The summed E-state index contributed by atoms with van der Waals surface area (Å²) in [4.78, 5) is 35.4. The number of rotatable bonds is 2. The van der Waals surface area contributed by atoms with E-state index < -0.39 is 5.41 Å². The molecule has 0 aliphatic heterocycles. The molecule has 4 aliphatic carbocycles. The van der Waals surface area contributed by atoms with Crippen LogP contribution in [0.3, 0.4) is 0 Å². The molecule has 4 atom stereocenters. The average Bonchev–Trinajstić information content (AvgIpc) is 2.24. The number of hydrogen-bond donors (Lipinski definition) is 0. The van der Waals surface area contributed by atoms with E-state index in [1.165, 1.54) is 6.92 Å².